The van der Waals surface area contributed by atoms with Crippen molar-refractivity contribution in [3.8, 4) is 51.0 Å². The van der Waals surface area contributed by atoms with E-state index in [1.165, 1.54) is 27.1 Å². The van der Waals surface area contributed by atoms with Crippen molar-refractivity contribution in [1.29, 1.82) is 0 Å². The highest BCUT2D eigenvalue weighted by Gasteiger charge is 2.24. The van der Waals surface area contributed by atoms with Gasteiger partial charge in [0.25, 0.3) is 0 Å². The van der Waals surface area contributed by atoms with Crippen molar-refractivity contribution in [1.82, 2.24) is 19.5 Å². The van der Waals surface area contributed by atoms with Crippen molar-refractivity contribution in [3.05, 3.63) is 182 Å². The van der Waals surface area contributed by atoms with Gasteiger partial charge in [0.2, 0.25) is 0 Å². The SMILES string of the molecule is c1ccc(-c2nc(-c3ccccc3)nc(-c3c(-n4c5ccccc5c5ccccc54)cc(-c4cccc5ccccc45)c4ccccc34)n2)cc1. The molecule has 238 valence electrons. The largest absolute Gasteiger partial charge is 0.308 e. The summed E-state index contributed by atoms with van der Waals surface area (Å²) in [6, 6.07) is 63.9. The van der Waals surface area contributed by atoms with Crippen molar-refractivity contribution in [2.45, 2.75) is 0 Å². The lowest BCUT2D eigenvalue weighted by molar-refractivity contribution is 1.07. The molecule has 10 aromatic rings. The molecule has 2 heterocycles. The lowest BCUT2D eigenvalue weighted by Crippen LogP contribution is -2.05. The predicted molar refractivity (Wildman–Crippen MR) is 211 cm³/mol. The zero-order chi connectivity index (χ0) is 33.7. The third kappa shape index (κ3) is 4.80. The number of rotatable bonds is 5. The van der Waals surface area contributed by atoms with Crippen LogP contribution >= 0.6 is 0 Å². The number of nitrogens with zero attached hydrogens (tertiary/aromatic N) is 4. The van der Waals surface area contributed by atoms with Crippen LogP contribution in [-0.2, 0) is 0 Å². The maximum Gasteiger partial charge on any atom is 0.166 e. The first-order valence-corrected chi connectivity index (χ1v) is 17.2. The Labute approximate surface area is 295 Å². The van der Waals surface area contributed by atoms with Crippen molar-refractivity contribution >= 4 is 43.4 Å². The van der Waals surface area contributed by atoms with E-state index in [0.717, 1.165) is 49.7 Å². The van der Waals surface area contributed by atoms with Gasteiger partial charge < -0.3 is 4.57 Å². The van der Waals surface area contributed by atoms with E-state index in [1.807, 2.05) is 36.4 Å². The second kappa shape index (κ2) is 11.9. The summed E-state index contributed by atoms with van der Waals surface area (Å²) in [6.07, 6.45) is 0. The van der Waals surface area contributed by atoms with E-state index in [4.69, 9.17) is 15.0 Å². The van der Waals surface area contributed by atoms with E-state index in [2.05, 4.69) is 150 Å². The van der Waals surface area contributed by atoms with E-state index in [0.29, 0.717) is 17.5 Å². The molecular formula is C47H30N4. The molecule has 8 aromatic carbocycles. The first-order chi connectivity index (χ1) is 25.3. The van der Waals surface area contributed by atoms with Gasteiger partial charge in [-0.2, -0.15) is 0 Å². The van der Waals surface area contributed by atoms with Crippen molar-refractivity contribution in [2.75, 3.05) is 0 Å². The lowest BCUT2D eigenvalue weighted by Gasteiger charge is -2.20. The highest BCUT2D eigenvalue weighted by atomic mass is 15.1. The second-order valence-corrected chi connectivity index (χ2v) is 12.8. The highest BCUT2D eigenvalue weighted by Crippen LogP contribution is 2.44. The number of hydrogen-bond acceptors (Lipinski definition) is 3. The smallest absolute Gasteiger partial charge is 0.166 e. The third-order valence-electron chi connectivity index (χ3n) is 9.85. The van der Waals surface area contributed by atoms with Crippen LogP contribution in [0, 0.1) is 0 Å². The summed E-state index contributed by atoms with van der Waals surface area (Å²) in [5.41, 5.74) is 8.43. The summed E-state index contributed by atoms with van der Waals surface area (Å²) in [6.45, 7) is 0. The van der Waals surface area contributed by atoms with Gasteiger partial charge in [-0.05, 0) is 50.9 Å². The fraction of sp³-hybridized carbons (Fsp3) is 0. The van der Waals surface area contributed by atoms with Gasteiger partial charge in [-0.1, -0.05) is 164 Å². The number of hydrogen-bond donors (Lipinski definition) is 0. The summed E-state index contributed by atoms with van der Waals surface area (Å²) in [5.74, 6) is 1.89. The molecule has 4 nitrogen and oxygen atoms in total. The van der Waals surface area contributed by atoms with Crippen molar-refractivity contribution < 1.29 is 0 Å². The fourth-order valence-corrected chi connectivity index (χ4v) is 7.56. The second-order valence-electron chi connectivity index (χ2n) is 12.8. The van der Waals surface area contributed by atoms with Gasteiger partial charge in [0.05, 0.1) is 22.3 Å². The predicted octanol–water partition coefficient (Wildman–Crippen LogP) is 11.9. The first kappa shape index (κ1) is 29.0. The van der Waals surface area contributed by atoms with Gasteiger partial charge in [0.1, 0.15) is 0 Å². The molecule has 0 aliphatic carbocycles. The quantitative estimate of drug-likeness (QED) is 0.186. The van der Waals surface area contributed by atoms with E-state index in [1.54, 1.807) is 0 Å². The van der Waals surface area contributed by atoms with E-state index < -0.39 is 0 Å². The van der Waals surface area contributed by atoms with Gasteiger partial charge in [-0.25, -0.2) is 15.0 Å². The van der Waals surface area contributed by atoms with Crippen LogP contribution in [0.1, 0.15) is 0 Å². The highest BCUT2D eigenvalue weighted by molar-refractivity contribution is 6.14. The maximum atomic E-state index is 5.30. The zero-order valence-electron chi connectivity index (χ0n) is 27.6. The average molecular weight is 651 g/mol. The Morgan fingerprint density at radius 2 is 0.804 bits per heavy atom. The van der Waals surface area contributed by atoms with Crippen LogP contribution in [0.5, 0.6) is 0 Å². The molecule has 2 aromatic heterocycles. The summed E-state index contributed by atoms with van der Waals surface area (Å²) in [5, 5.41) is 7.03. The van der Waals surface area contributed by atoms with E-state index in [9.17, 15) is 0 Å². The zero-order valence-corrected chi connectivity index (χ0v) is 27.6. The minimum atomic E-state index is 0.625. The van der Waals surface area contributed by atoms with Gasteiger partial charge in [-0.3, -0.25) is 0 Å². The van der Waals surface area contributed by atoms with Crippen LogP contribution < -0.4 is 0 Å². The number of benzene rings is 8. The molecule has 0 aliphatic heterocycles. The minimum absolute atomic E-state index is 0.625. The molecule has 0 spiro atoms. The van der Waals surface area contributed by atoms with Crippen molar-refractivity contribution in [2.24, 2.45) is 0 Å². The monoisotopic (exact) mass is 650 g/mol. The number of fused-ring (bicyclic) bond motifs is 5. The molecule has 0 saturated heterocycles. The van der Waals surface area contributed by atoms with Gasteiger partial charge in [0.15, 0.2) is 17.5 Å². The summed E-state index contributed by atoms with van der Waals surface area (Å²) in [7, 11) is 0. The maximum absolute atomic E-state index is 5.30. The molecule has 4 heteroatoms. The molecule has 0 amide bonds. The van der Waals surface area contributed by atoms with Crippen LogP contribution in [0.4, 0.5) is 0 Å². The van der Waals surface area contributed by atoms with Crippen LogP contribution in [0.15, 0.2) is 182 Å². The minimum Gasteiger partial charge on any atom is -0.308 e. The molecule has 0 atom stereocenters. The lowest BCUT2D eigenvalue weighted by atomic mass is 9.90. The first-order valence-electron chi connectivity index (χ1n) is 17.2. The Bertz CT molecular complexity index is 2790. The number of aromatic nitrogens is 4. The molecule has 0 fully saturated rings. The molecule has 0 saturated carbocycles. The Kier molecular flexibility index (Phi) is 6.78. The normalized spacial score (nSPS) is 11.5. The Hall–Kier alpha value is -6.91. The molecule has 10 rings (SSSR count). The van der Waals surface area contributed by atoms with E-state index >= 15 is 0 Å². The van der Waals surface area contributed by atoms with Crippen LogP contribution in [0.2, 0.25) is 0 Å². The number of para-hydroxylation sites is 2. The summed E-state index contributed by atoms with van der Waals surface area (Å²) < 4.78 is 2.40. The third-order valence-corrected chi connectivity index (χ3v) is 9.85. The van der Waals surface area contributed by atoms with Crippen LogP contribution in [0.3, 0.4) is 0 Å². The van der Waals surface area contributed by atoms with Gasteiger partial charge in [-0.15, -0.1) is 0 Å². The summed E-state index contributed by atoms with van der Waals surface area (Å²) >= 11 is 0. The molecule has 0 unspecified atom stereocenters. The molecule has 0 aliphatic rings. The average Bonchev–Trinajstić information content (AvgIpc) is 3.55. The molecule has 51 heavy (non-hydrogen) atoms. The Morgan fingerprint density at radius 3 is 1.43 bits per heavy atom. The standard InChI is InChI=1S/C47H30N4/c1-3-17-32(18-4-1)45-48-46(33-19-5-2-6-20-33)50-47(49-45)44-39-26-10-9-23-36(39)40(35-27-15-21-31-16-7-8-22-34(31)35)30-43(44)51-41-28-13-11-24-37(41)38-25-12-14-29-42(38)51/h1-30H. The molecular weight excluding hydrogens is 621 g/mol. The Balaban J connectivity index is 1.39. The summed E-state index contributed by atoms with van der Waals surface area (Å²) in [4.78, 5) is 15.6. The van der Waals surface area contributed by atoms with Gasteiger partial charge in [0, 0.05) is 21.9 Å². The fourth-order valence-electron chi connectivity index (χ4n) is 7.56. The van der Waals surface area contributed by atoms with Crippen LogP contribution in [0.25, 0.3) is 94.3 Å². The molecule has 0 N–H and O–H groups in total. The molecule has 0 radical (unpaired) electrons. The van der Waals surface area contributed by atoms with Crippen molar-refractivity contribution in [3.63, 3.8) is 0 Å². The van der Waals surface area contributed by atoms with Crippen LogP contribution in [-0.4, -0.2) is 19.5 Å². The van der Waals surface area contributed by atoms with Gasteiger partial charge >= 0.3 is 0 Å². The Morgan fingerprint density at radius 1 is 0.333 bits per heavy atom. The molecule has 0 bridgehead atoms. The topological polar surface area (TPSA) is 43.6 Å². The van der Waals surface area contributed by atoms with E-state index in [-0.39, 0.29) is 0 Å².